The first-order chi connectivity index (χ1) is 18.1. The summed E-state index contributed by atoms with van der Waals surface area (Å²) in [6.45, 7) is 7.36. The molecule has 1 amide bonds. The van der Waals surface area contributed by atoms with Crippen LogP contribution in [-0.4, -0.2) is 30.9 Å². The van der Waals surface area contributed by atoms with Crippen molar-refractivity contribution in [2.24, 2.45) is 10.2 Å². The molecule has 0 aliphatic carbocycles. The Morgan fingerprint density at radius 1 is 1.05 bits per heavy atom. The number of nitrogens with one attached hydrogen (secondary N) is 1. The van der Waals surface area contributed by atoms with Crippen LogP contribution in [0.1, 0.15) is 15.9 Å². The van der Waals surface area contributed by atoms with E-state index in [2.05, 4.69) is 30.5 Å². The van der Waals surface area contributed by atoms with Gasteiger partial charge in [0.2, 0.25) is 0 Å². The van der Waals surface area contributed by atoms with Gasteiger partial charge in [-0.25, -0.2) is 14.5 Å². The number of aromatic nitrogens is 3. The van der Waals surface area contributed by atoms with Gasteiger partial charge >= 0.3 is 0 Å². The summed E-state index contributed by atoms with van der Waals surface area (Å²) in [5.41, 5.74) is 1.43. The Bertz CT molecular complexity index is 1670. The lowest BCUT2D eigenvalue weighted by atomic mass is 10.0. The van der Waals surface area contributed by atoms with E-state index in [0.717, 1.165) is 0 Å². The molecule has 10 heteroatoms. The van der Waals surface area contributed by atoms with Gasteiger partial charge in [-0.05, 0) is 41.3 Å². The van der Waals surface area contributed by atoms with E-state index in [1.807, 2.05) is 6.07 Å². The van der Waals surface area contributed by atoms with Gasteiger partial charge in [-0.2, -0.15) is 5.10 Å². The highest BCUT2D eigenvalue weighted by Crippen LogP contribution is 2.40. The Morgan fingerprint density at radius 3 is 2.57 bits per heavy atom. The van der Waals surface area contributed by atoms with Crippen molar-refractivity contribution in [2.75, 3.05) is 5.32 Å². The Hall–Kier alpha value is -5.40. The summed E-state index contributed by atoms with van der Waals surface area (Å²) >= 11 is 0. The largest absolute Gasteiger partial charge is 0.505 e. The summed E-state index contributed by atoms with van der Waals surface area (Å²) in [6.07, 6.45) is 2.95. The van der Waals surface area contributed by atoms with E-state index in [9.17, 15) is 15.0 Å². The molecule has 0 saturated carbocycles. The summed E-state index contributed by atoms with van der Waals surface area (Å²) in [4.78, 5) is 20.8. The molecule has 37 heavy (non-hydrogen) atoms. The molecule has 0 aliphatic heterocycles. The fraction of sp³-hybridized carbons (Fsp3) is 0.0370. The topological polar surface area (TPSA) is 129 Å². The first-order valence-corrected chi connectivity index (χ1v) is 11.1. The van der Waals surface area contributed by atoms with Crippen LogP contribution in [0.2, 0.25) is 0 Å². The average Bonchev–Trinajstić information content (AvgIpc) is 3.36. The number of aliphatic hydroxyl groups is 1. The van der Waals surface area contributed by atoms with E-state index in [0.29, 0.717) is 27.8 Å². The summed E-state index contributed by atoms with van der Waals surface area (Å²) in [6, 6.07) is 20.7. The van der Waals surface area contributed by atoms with Crippen LogP contribution < -0.4 is 5.32 Å². The highest BCUT2D eigenvalue weighted by Gasteiger charge is 2.20. The van der Waals surface area contributed by atoms with Crippen LogP contribution in [0.3, 0.4) is 0 Å². The van der Waals surface area contributed by atoms with Gasteiger partial charge in [0.05, 0.1) is 24.9 Å². The average molecular weight is 489 g/mol. The van der Waals surface area contributed by atoms with Gasteiger partial charge < -0.3 is 15.5 Å². The van der Waals surface area contributed by atoms with Crippen LogP contribution >= 0.6 is 0 Å². The second-order valence-corrected chi connectivity index (χ2v) is 7.92. The monoisotopic (exact) mass is 489 g/mol. The minimum absolute atomic E-state index is 0.00233. The number of fused-ring (bicyclic) bond motifs is 1. The summed E-state index contributed by atoms with van der Waals surface area (Å²) in [5, 5.41) is 37.1. The molecule has 0 spiro atoms. The molecule has 0 saturated heterocycles. The smallest absolute Gasteiger partial charge is 0.259 e. The lowest BCUT2D eigenvalue weighted by Gasteiger charge is -2.11. The maximum absolute atomic E-state index is 13.1. The van der Waals surface area contributed by atoms with Crippen molar-refractivity contribution in [3.8, 4) is 11.6 Å². The molecule has 0 radical (unpaired) electrons. The molecule has 0 fully saturated rings. The van der Waals surface area contributed by atoms with Gasteiger partial charge in [0.25, 0.3) is 11.6 Å². The molecule has 180 valence electrons. The van der Waals surface area contributed by atoms with Crippen molar-refractivity contribution in [3.05, 3.63) is 108 Å². The fourth-order valence-electron chi connectivity index (χ4n) is 3.73. The van der Waals surface area contributed by atoms with Crippen molar-refractivity contribution < 1.29 is 15.0 Å². The Labute approximate surface area is 211 Å². The zero-order valence-corrected chi connectivity index (χ0v) is 19.3. The number of aliphatic hydroxyl groups excluding tert-OH is 1. The molecule has 2 heterocycles. The lowest BCUT2D eigenvalue weighted by molar-refractivity contribution is 0.102. The normalized spacial score (nSPS) is 11.0. The Morgan fingerprint density at radius 2 is 1.84 bits per heavy atom. The minimum Gasteiger partial charge on any atom is -0.505 e. The number of aromatic hydroxyl groups is 1. The van der Waals surface area contributed by atoms with Gasteiger partial charge in [-0.15, -0.1) is 10.2 Å². The molecule has 0 unspecified atom stereocenters. The number of nitrogens with zero attached hydrogens (tertiary/aromatic N) is 6. The molecule has 5 aromatic rings. The van der Waals surface area contributed by atoms with Crippen molar-refractivity contribution in [1.82, 2.24) is 14.8 Å². The van der Waals surface area contributed by atoms with Crippen molar-refractivity contribution >= 4 is 39.6 Å². The fourth-order valence-corrected chi connectivity index (χ4v) is 3.73. The summed E-state index contributed by atoms with van der Waals surface area (Å²) < 4.78 is 1.38. The van der Waals surface area contributed by atoms with Crippen LogP contribution in [0.15, 0.2) is 95.4 Å². The number of phenolic OH excluding ortho intramolecular Hbond substituents is 1. The van der Waals surface area contributed by atoms with E-state index in [-0.39, 0.29) is 35.1 Å². The van der Waals surface area contributed by atoms with Gasteiger partial charge in [-0.1, -0.05) is 42.5 Å². The first kappa shape index (κ1) is 23.3. The number of amides is 1. The molecule has 2 aromatic heterocycles. The molecule has 5 rings (SSSR count). The third-order valence-electron chi connectivity index (χ3n) is 5.59. The van der Waals surface area contributed by atoms with Gasteiger partial charge in [0, 0.05) is 17.3 Å². The van der Waals surface area contributed by atoms with E-state index >= 15 is 0 Å². The summed E-state index contributed by atoms with van der Waals surface area (Å²) in [5.74, 6) is -0.325. The SMILES string of the molecule is [C-]#[N+]c1cnn(-c2ccccn2)c1N=Nc1c(O)c(C(=O)Nc2ccc(CO)cc2)cc2ccccc12. The van der Waals surface area contributed by atoms with Gasteiger partial charge in [0.15, 0.2) is 17.4 Å². The van der Waals surface area contributed by atoms with Crippen molar-refractivity contribution in [2.45, 2.75) is 6.61 Å². The highest BCUT2D eigenvalue weighted by molar-refractivity contribution is 6.11. The van der Waals surface area contributed by atoms with Gasteiger partial charge in [-0.3, -0.25) is 4.79 Å². The standard InChI is InChI=1S/C27H19N7O3/c1-28-22-15-30-34(23-8-4-5-13-29-23)26(22)33-32-24-20-7-3-2-6-18(20)14-21(25(24)36)27(37)31-19-11-9-17(16-35)10-12-19/h2-15,35-36H,16H2,(H,31,37). The van der Waals surface area contributed by atoms with Crippen LogP contribution in [0.5, 0.6) is 5.75 Å². The van der Waals surface area contributed by atoms with E-state index in [1.165, 1.54) is 10.9 Å². The number of phenols is 1. The molecule has 3 N–H and O–H groups in total. The number of carbonyl (C=O) groups is 1. The van der Waals surface area contributed by atoms with Crippen LogP contribution in [0.4, 0.5) is 22.9 Å². The third-order valence-corrected chi connectivity index (χ3v) is 5.59. The predicted octanol–water partition coefficient (Wildman–Crippen LogP) is 5.84. The van der Waals surface area contributed by atoms with Crippen molar-refractivity contribution in [1.29, 1.82) is 0 Å². The number of hydrogen-bond acceptors (Lipinski definition) is 7. The van der Waals surface area contributed by atoms with E-state index in [1.54, 1.807) is 72.9 Å². The van der Waals surface area contributed by atoms with Crippen LogP contribution in [-0.2, 0) is 6.61 Å². The number of pyridine rings is 1. The lowest BCUT2D eigenvalue weighted by Crippen LogP contribution is -2.12. The molecule has 0 aliphatic rings. The number of carbonyl (C=O) groups excluding carboxylic acids is 1. The zero-order chi connectivity index (χ0) is 25.8. The second-order valence-electron chi connectivity index (χ2n) is 7.92. The Kier molecular flexibility index (Phi) is 6.35. The van der Waals surface area contributed by atoms with Crippen LogP contribution in [0.25, 0.3) is 21.4 Å². The second kappa shape index (κ2) is 10.1. The molecule has 0 bridgehead atoms. The minimum atomic E-state index is -0.545. The van der Waals surface area contributed by atoms with Crippen molar-refractivity contribution in [3.63, 3.8) is 0 Å². The maximum atomic E-state index is 13.1. The quantitative estimate of drug-likeness (QED) is 0.204. The number of anilines is 1. The number of rotatable bonds is 6. The van der Waals surface area contributed by atoms with Gasteiger partial charge in [0.1, 0.15) is 5.69 Å². The molecular weight excluding hydrogens is 470 g/mol. The molecule has 3 aromatic carbocycles. The number of azo groups is 1. The Balaban J connectivity index is 1.58. The van der Waals surface area contributed by atoms with E-state index < -0.39 is 5.91 Å². The maximum Gasteiger partial charge on any atom is 0.259 e. The highest BCUT2D eigenvalue weighted by atomic mass is 16.3. The third kappa shape index (κ3) is 4.62. The molecular formula is C27H19N7O3. The predicted molar refractivity (Wildman–Crippen MR) is 138 cm³/mol. The molecule has 10 nitrogen and oxygen atoms in total. The molecule has 0 atom stereocenters. The van der Waals surface area contributed by atoms with E-state index in [4.69, 9.17) is 6.57 Å². The number of benzene rings is 3. The first-order valence-electron chi connectivity index (χ1n) is 11.1. The van der Waals surface area contributed by atoms with Crippen LogP contribution in [0, 0.1) is 6.57 Å². The number of hydrogen-bond donors (Lipinski definition) is 3. The zero-order valence-electron chi connectivity index (χ0n) is 19.3. The summed E-state index contributed by atoms with van der Waals surface area (Å²) in [7, 11) is 0.